The first kappa shape index (κ1) is 18.5. The van der Waals surface area contributed by atoms with Gasteiger partial charge >= 0.3 is 0 Å². The van der Waals surface area contributed by atoms with Crippen molar-refractivity contribution < 1.29 is 13.6 Å². The minimum atomic E-state index is -0.713. The summed E-state index contributed by atoms with van der Waals surface area (Å²) in [4.78, 5) is 32.3. The summed E-state index contributed by atoms with van der Waals surface area (Å²) in [5, 5.41) is 0.572. The van der Waals surface area contributed by atoms with Gasteiger partial charge in [0.1, 0.15) is 11.4 Å². The highest BCUT2D eigenvalue weighted by Crippen LogP contribution is 2.39. The van der Waals surface area contributed by atoms with Crippen molar-refractivity contribution in [3.8, 4) is 0 Å². The van der Waals surface area contributed by atoms with Crippen LogP contribution in [0.25, 0.3) is 11.0 Å². The van der Waals surface area contributed by atoms with Gasteiger partial charge in [0.15, 0.2) is 5.43 Å². The molecule has 3 heterocycles. The van der Waals surface area contributed by atoms with E-state index in [0.29, 0.717) is 10.6 Å². The molecule has 148 valence electrons. The molecular weight excluding hydrogens is 407 g/mol. The van der Waals surface area contributed by atoms with Gasteiger partial charge < -0.3 is 9.32 Å². The highest BCUT2D eigenvalue weighted by molar-refractivity contribution is 6.30. The second kappa shape index (κ2) is 7.07. The molecule has 0 radical (unpaired) electrons. The van der Waals surface area contributed by atoms with E-state index < -0.39 is 23.2 Å². The second-order valence-electron chi connectivity index (χ2n) is 7.07. The number of carbonyl (C=O) groups excluding carboxylic acids is 1. The maximum Gasteiger partial charge on any atom is 0.291 e. The molecule has 1 aliphatic heterocycles. The van der Waals surface area contributed by atoms with E-state index in [9.17, 15) is 14.0 Å². The number of benzene rings is 2. The molecule has 0 saturated heterocycles. The van der Waals surface area contributed by atoms with E-state index in [0.717, 1.165) is 11.6 Å². The topological polar surface area (TPSA) is 63.4 Å². The van der Waals surface area contributed by atoms with E-state index in [4.69, 9.17) is 16.0 Å². The molecule has 7 heteroatoms. The molecule has 5 nitrogen and oxygen atoms in total. The standard InChI is InChI=1S/C23H14ClFN2O3/c24-15-5-1-4-14(9-15)20-19-21(28)17-10-16(25)6-7-18(17)30-22(19)23(29)27(20)12-13-3-2-8-26-11-13/h1-11,20H,12H2. The average molecular weight is 421 g/mol. The lowest BCUT2D eigenvalue weighted by molar-refractivity contribution is 0.0714. The molecule has 0 fully saturated rings. The van der Waals surface area contributed by atoms with Gasteiger partial charge in [-0.15, -0.1) is 0 Å². The van der Waals surface area contributed by atoms with Gasteiger partial charge in [-0.1, -0.05) is 29.8 Å². The molecule has 2 aromatic carbocycles. The van der Waals surface area contributed by atoms with Crippen molar-refractivity contribution in [2.45, 2.75) is 12.6 Å². The van der Waals surface area contributed by atoms with Crippen LogP contribution < -0.4 is 5.43 Å². The van der Waals surface area contributed by atoms with Gasteiger partial charge in [0, 0.05) is 24.0 Å². The number of carbonyl (C=O) groups is 1. The maximum atomic E-state index is 13.8. The van der Waals surface area contributed by atoms with E-state index in [-0.39, 0.29) is 28.8 Å². The molecule has 4 aromatic rings. The minimum Gasteiger partial charge on any atom is -0.450 e. The first-order valence-electron chi connectivity index (χ1n) is 9.24. The number of nitrogens with zero attached hydrogens (tertiary/aromatic N) is 2. The van der Waals surface area contributed by atoms with Crippen molar-refractivity contribution in [3.63, 3.8) is 0 Å². The predicted molar refractivity (Wildman–Crippen MR) is 110 cm³/mol. The molecular formula is C23H14ClFN2O3. The Morgan fingerprint density at radius 1 is 1.10 bits per heavy atom. The van der Waals surface area contributed by atoms with Crippen molar-refractivity contribution in [2.24, 2.45) is 0 Å². The van der Waals surface area contributed by atoms with Gasteiger partial charge in [-0.3, -0.25) is 14.6 Å². The molecule has 0 bridgehead atoms. The summed E-state index contributed by atoms with van der Waals surface area (Å²) in [6, 6.07) is 13.6. The monoisotopic (exact) mass is 420 g/mol. The van der Waals surface area contributed by atoms with Crippen LogP contribution in [0.4, 0.5) is 4.39 Å². The average Bonchev–Trinajstić information content (AvgIpc) is 3.02. The predicted octanol–water partition coefficient (Wildman–Crippen LogP) is 4.73. The van der Waals surface area contributed by atoms with Crippen LogP contribution in [-0.2, 0) is 6.54 Å². The molecule has 0 N–H and O–H groups in total. The van der Waals surface area contributed by atoms with Crippen molar-refractivity contribution >= 4 is 28.5 Å². The SMILES string of the molecule is O=C1c2oc3ccc(F)cc3c(=O)c2C(c2cccc(Cl)c2)N1Cc1cccnc1. The van der Waals surface area contributed by atoms with Crippen LogP contribution in [0.5, 0.6) is 0 Å². The van der Waals surface area contributed by atoms with E-state index in [2.05, 4.69) is 4.98 Å². The number of aromatic nitrogens is 1. The van der Waals surface area contributed by atoms with Gasteiger partial charge in [0.25, 0.3) is 5.91 Å². The fourth-order valence-electron chi connectivity index (χ4n) is 3.87. The quantitative estimate of drug-likeness (QED) is 0.481. The van der Waals surface area contributed by atoms with Crippen LogP contribution in [0.1, 0.15) is 33.3 Å². The zero-order chi connectivity index (χ0) is 20.8. The summed E-state index contributed by atoms with van der Waals surface area (Å²) in [6.45, 7) is 0.220. The lowest BCUT2D eigenvalue weighted by Gasteiger charge is -2.25. The third-order valence-corrected chi connectivity index (χ3v) is 5.40. The Morgan fingerprint density at radius 2 is 1.97 bits per heavy atom. The van der Waals surface area contributed by atoms with Crippen molar-refractivity contribution in [2.75, 3.05) is 0 Å². The van der Waals surface area contributed by atoms with E-state index in [1.165, 1.54) is 12.1 Å². The van der Waals surface area contributed by atoms with Crippen molar-refractivity contribution in [3.05, 3.63) is 111 Å². The number of fused-ring (bicyclic) bond motifs is 2. The van der Waals surface area contributed by atoms with Crippen LogP contribution in [0.3, 0.4) is 0 Å². The maximum absolute atomic E-state index is 13.8. The minimum absolute atomic E-state index is 0.0343. The summed E-state index contributed by atoms with van der Waals surface area (Å²) < 4.78 is 19.6. The lowest BCUT2D eigenvalue weighted by Crippen LogP contribution is -2.29. The first-order valence-corrected chi connectivity index (χ1v) is 9.62. The van der Waals surface area contributed by atoms with Crippen LogP contribution in [0.2, 0.25) is 5.02 Å². The molecule has 30 heavy (non-hydrogen) atoms. The van der Waals surface area contributed by atoms with Crippen molar-refractivity contribution in [1.82, 2.24) is 9.88 Å². The zero-order valence-electron chi connectivity index (χ0n) is 15.5. The number of halogens is 2. The van der Waals surface area contributed by atoms with Gasteiger partial charge in [-0.2, -0.15) is 0 Å². The molecule has 1 unspecified atom stereocenters. The normalized spacial score (nSPS) is 15.6. The Hall–Kier alpha value is -3.51. The summed E-state index contributed by atoms with van der Waals surface area (Å²) in [6.07, 6.45) is 3.30. The van der Waals surface area contributed by atoms with E-state index in [1.54, 1.807) is 47.6 Å². The molecule has 1 atom stereocenters. The third kappa shape index (κ3) is 2.97. The lowest BCUT2D eigenvalue weighted by atomic mass is 9.98. The Morgan fingerprint density at radius 3 is 2.73 bits per heavy atom. The summed E-state index contributed by atoms with van der Waals surface area (Å²) >= 11 is 6.19. The molecule has 5 rings (SSSR count). The summed E-state index contributed by atoms with van der Waals surface area (Å²) in [5.41, 5.74) is 1.39. The Labute approximate surface area is 175 Å². The van der Waals surface area contributed by atoms with Gasteiger partial charge in [0.05, 0.1) is 17.0 Å². The van der Waals surface area contributed by atoms with Crippen LogP contribution in [0, 0.1) is 5.82 Å². The summed E-state index contributed by atoms with van der Waals surface area (Å²) in [7, 11) is 0. The largest absolute Gasteiger partial charge is 0.450 e. The number of hydrogen-bond acceptors (Lipinski definition) is 4. The van der Waals surface area contributed by atoms with Crippen LogP contribution in [-0.4, -0.2) is 15.8 Å². The van der Waals surface area contributed by atoms with Gasteiger partial charge in [0.2, 0.25) is 5.76 Å². The van der Waals surface area contributed by atoms with Crippen molar-refractivity contribution in [1.29, 1.82) is 0 Å². The molecule has 2 aromatic heterocycles. The zero-order valence-corrected chi connectivity index (χ0v) is 16.3. The Bertz CT molecular complexity index is 1350. The van der Waals surface area contributed by atoms with Gasteiger partial charge in [-0.25, -0.2) is 4.39 Å². The second-order valence-corrected chi connectivity index (χ2v) is 7.50. The van der Waals surface area contributed by atoms with E-state index >= 15 is 0 Å². The fourth-order valence-corrected chi connectivity index (χ4v) is 4.07. The molecule has 0 spiro atoms. The Balaban J connectivity index is 1.75. The highest BCUT2D eigenvalue weighted by Gasteiger charge is 2.42. The third-order valence-electron chi connectivity index (χ3n) is 5.17. The molecule has 0 aliphatic carbocycles. The fraction of sp³-hybridized carbons (Fsp3) is 0.0870. The molecule has 1 amide bonds. The number of amides is 1. The molecule has 0 saturated carbocycles. The number of rotatable bonds is 3. The van der Waals surface area contributed by atoms with Crippen LogP contribution in [0.15, 0.2) is 76.2 Å². The van der Waals surface area contributed by atoms with Crippen LogP contribution >= 0.6 is 11.6 Å². The smallest absolute Gasteiger partial charge is 0.291 e. The van der Waals surface area contributed by atoms with Gasteiger partial charge in [-0.05, 0) is 47.5 Å². The first-order chi connectivity index (χ1) is 14.5. The number of hydrogen-bond donors (Lipinski definition) is 0. The number of pyridine rings is 1. The highest BCUT2D eigenvalue weighted by atomic mass is 35.5. The Kier molecular flexibility index (Phi) is 4.37. The summed E-state index contributed by atoms with van der Waals surface area (Å²) in [5.74, 6) is -0.999. The molecule has 1 aliphatic rings. The van der Waals surface area contributed by atoms with E-state index in [1.807, 2.05) is 6.07 Å².